The SMILES string of the molecule is C=C(C)C(=O)OC=CCCCCCCCCCCCCCCCCCCCCCCCCCCCCCCCCCC. The van der Waals surface area contributed by atoms with Crippen molar-refractivity contribution in [2.45, 2.75) is 226 Å². The summed E-state index contributed by atoms with van der Waals surface area (Å²) in [6.45, 7) is 7.54. The van der Waals surface area contributed by atoms with E-state index in [9.17, 15) is 4.79 Å². The van der Waals surface area contributed by atoms with Crippen LogP contribution < -0.4 is 0 Å². The Kier molecular flexibility index (Phi) is 35.2. The number of rotatable bonds is 35. The summed E-state index contributed by atoms with van der Waals surface area (Å²) in [6, 6.07) is 0. The molecule has 0 unspecified atom stereocenters. The van der Waals surface area contributed by atoms with E-state index in [-0.39, 0.29) is 5.97 Å². The van der Waals surface area contributed by atoms with E-state index in [1.807, 2.05) is 6.08 Å². The number of allylic oxidation sites excluding steroid dienone is 1. The van der Waals surface area contributed by atoms with Crippen molar-refractivity contribution in [3.63, 3.8) is 0 Å². The van der Waals surface area contributed by atoms with E-state index in [1.54, 1.807) is 6.92 Å². The number of carbonyl (C=O) groups is 1. The van der Waals surface area contributed by atoms with E-state index in [0.29, 0.717) is 5.57 Å². The van der Waals surface area contributed by atoms with Gasteiger partial charge < -0.3 is 4.74 Å². The second-order valence-electron chi connectivity index (χ2n) is 13.3. The lowest BCUT2D eigenvalue weighted by atomic mass is 10.0. The van der Waals surface area contributed by atoms with Gasteiger partial charge in [0.1, 0.15) is 0 Å². The number of carbonyl (C=O) groups excluding carboxylic acids is 1. The highest BCUT2D eigenvalue weighted by Gasteiger charge is 1.99. The normalized spacial score (nSPS) is 11.5. The average Bonchev–Trinajstić information content (AvgIpc) is 2.99. The minimum atomic E-state index is -0.336. The Balaban J connectivity index is 3.09. The van der Waals surface area contributed by atoms with Crippen LogP contribution in [0, 0.1) is 0 Å². The maximum absolute atomic E-state index is 11.2. The molecule has 0 aromatic rings. The van der Waals surface area contributed by atoms with Gasteiger partial charge in [0.25, 0.3) is 0 Å². The zero-order valence-corrected chi connectivity index (χ0v) is 29.0. The lowest BCUT2D eigenvalue weighted by Crippen LogP contribution is -1.98. The van der Waals surface area contributed by atoms with Crippen molar-refractivity contribution in [1.82, 2.24) is 0 Å². The Morgan fingerprint density at radius 3 is 0.929 bits per heavy atom. The van der Waals surface area contributed by atoms with Crippen molar-refractivity contribution in [3.8, 4) is 0 Å². The largest absolute Gasteiger partial charge is 0.431 e. The first-order chi connectivity index (χ1) is 20.7. The molecule has 42 heavy (non-hydrogen) atoms. The first kappa shape index (κ1) is 41.0. The number of unbranched alkanes of at least 4 members (excludes halogenated alkanes) is 32. The van der Waals surface area contributed by atoms with Crippen molar-refractivity contribution in [1.29, 1.82) is 0 Å². The molecule has 0 N–H and O–H groups in total. The summed E-state index contributed by atoms with van der Waals surface area (Å²) in [5, 5.41) is 0. The van der Waals surface area contributed by atoms with Crippen molar-refractivity contribution in [2.75, 3.05) is 0 Å². The van der Waals surface area contributed by atoms with E-state index >= 15 is 0 Å². The molecule has 0 spiro atoms. The van der Waals surface area contributed by atoms with Crippen LogP contribution in [0.1, 0.15) is 226 Å². The molecule has 0 aromatic heterocycles. The van der Waals surface area contributed by atoms with E-state index in [1.165, 1.54) is 212 Å². The topological polar surface area (TPSA) is 26.3 Å². The first-order valence-corrected chi connectivity index (χ1v) is 19.2. The van der Waals surface area contributed by atoms with E-state index < -0.39 is 0 Å². The van der Waals surface area contributed by atoms with Gasteiger partial charge in [-0.15, -0.1) is 0 Å². The van der Waals surface area contributed by atoms with E-state index in [0.717, 1.165) is 6.42 Å². The predicted molar refractivity (Wildman–Crippen MR) is 188 cm³/mol. The maximum atomic E-state index is 11.2. The molecule has 0 amide bonds. The Labute approximate surface area is 265 Å². The smallest absolute Gasteiger partial charge is 0.337 e. The molecule has 0 heterocycles. The predicted octanol–water partition coefficient (Wildman–Crippen LogP) is 14.5. The lowest BCUT2D eigenvalue weighted by Gasteiger charge is -2.05. The summed E-state index contributed by atoms with van der Waals surface area (Å²) in [4.78, 5) is 11.2. The quantitative estimate of drug-likeness (QED) is 0.0318. The molecule has 0 aliphatic heterocycles. The van der Waals surface area contributed by atoms with Crippen molar-refractivity contribution in [2.24, 2.45) is 0 Å². The standard InChI is InChI=1S/C40H76O2/c1-4-5-6-7-8-9-10-11-12-13-14-15-16-17-18-19-20-21-22-23-24-25-26-27-28-29-30-31-32-33-34-35-36-37-38-42-40(41)39(2)3/h37-38H,2,4-36H2,1,3H3. The molecule has 0 aliphatic rings. The lowest BCUT2D eigenvalue weighted by molar-refractivity contribution is -0.133. The Morgan fingerprint density at radius 2 is 0.690 bits per heavy atom. The fourth-order valence-corrected chi connectivity index (χ4v) is 5.92. The minimum absolute atomic E-state index is 0.336. The van der Waals surface area contributed by atoms with Crippen LogP contribution in [-0.4, -0.2) is 5.97 Å². The second kappa shape index (κ2) is 36.1. The van der Waals surface area contributed by atoms with Crippen molar-refractivity contribution >= 4 is 5.97 Å². The number of ether oxygens (including phenoxy) is 1. The molecule has 0 aromatic carbocycles. The van der Waals surface area contributed by atoms with Crippen molar-refractivity contribution in [3.05, 3.63) is 24.5 Å². The van der Waals surface area contributed by atoms with Crippen LogP contribution >= 0.6 is 0 Å². The fraction of sp³-hybridized carbons (Fsp3) is 0.875. The van der Waals surface area contributed by atoms with E-state index in [2.05, 4.69) is 13.5 Å². The molecule has 0 aliphatic carbocycles. The summed E-state index contributed by atoms with van der Waals surface area (Å²) in [7, 11) is 0. The van der Waals surface area contributed by atoms with Crippen LogP contribution in [0.15, 0.2) is 24.5 Å². The van der Waals surface area contributed by atoms with Gasteiger partial charge in [0.2, 0.25) is 0 Å². The molecule has 0 rings (SSSR count). The van der Waals surface area contributed by atoms with Gasteiger partial charge in [-0.3, -0.25) is 0 Å². The van der Waals surface area contributed by atoms with Crippen molar-refractivity contribution < 1.29 is 9.53 Å². The van der Waals surface area contributed by atoms with Crippen LogP contribution in [-0.2, 0) is 9.53 Å². The molecule has 2 heteroatoms. The van der Waals surface area contributed by atoms with E-state index in [4.69, 9.17) is 4.74 Å². The molecule has 0 saturated carbocycles. The first-order valence-electron chi connectivity index (χ1n) is 19.2. The van der Waals surface area contributed by atoms with Gasteiger partial charge in [-0.05, 0) is 25.8 Å². The number of hydrogen-bond donors (Lipinski definition) is 0. The van der Waals surface area contributed by atoms with Gasteiger partial charge in [0.15, 0.2) is 0 Å². The third-order valence-electron chi connectivity index (χ3n) is 8.84. The summed E-state index contributed by atoms with van der Waals surface area (Å²) < 4.78 is 4.95. The van der Waals surface area contributed by atoms with Gasteiger partial charge in [-0.25, -0.2) is 4.79 Å². The molecular weight excluding hydrogens is 512 g/mol. The number of esters is 1. The van der Waals surface area contributed by atoms with Crippen LogP contribution in [0.5, 0.6) is 0 Å². The van der Waals surface area contributed by atoms with Crippen LogP contribution in [0.2, 0.25) is 0 Å². The zero-order chi connectivity index (χ0) is 30.6. The van der Waals surface area contributed by atoms with Crippen LogP contribution in [0.4, 0.5) is 0 Å². The molecule has 0 radical (unpaired) electrons. The fourth-order valence-electron chi connectivity index (χ4n) is 5.92. The maximum Gasteiger partial charge on any atom is 0.337 e. The summed E-state index contributed by atoms with van der Waals surface area (Å²) in [5.41, 5.74) is 0.445. The van der Waals surface area contributed by atoms with Gasteiger partial charge in [0.05, 0.1) is 6.26 Å². The van der Waals surface area contributed by atoms with Gasteiger partial charge in [0, 0.05) is 5.57 Å². The molecule has 0 atom stereocenters. The molecule has 0 saturated heterocycles. The Bertz CT molecular complexity index is 578. The Hall–Kier alpha value is -1.05. The third-order valence-corrected chi connectivity index (χ3v) is 8.84. The van der Waals surface area contributed by atoms with Crippen LogP contribution in [0.3, 0.4) is 0 Å². The Morgan fingerprint density at radius 1 is 0.452 bits per heavy atom. The number of hydrogen-bond acceptors (Lipinski definition) is 2. The zero-order valence-electron chi connectivity index (χ0n) is 29.0. The molecule has 0 fully saturated rings. The second-order valence-corrected chi connectivity index (χ2v) is 13.3. The highest BCUT2D eigenvalue weighted by Crippen LogP contribution is 2.17. The monoisotopic (exact) mass is 589 g/mol. The van der Waals surface area contributed by atoms with Gasteiger partial charge in [-0.1, -0.05) is 213 Å². The molecule has 2 nitrogen and oxygen atoms in total. The highest BCUT2D eigenvalue weighted by molar-refractivity contribution is 5.87. The van der Waals surface area contributed by atoms with Crippen LogP contribution in [0.25, 0.3) is 0 Å². The third kappa shape index (κ3) is 35.1. The summed E-state index contributed by atoms with van der Waals surface area (Å²) in [5.74, 6) is -0.336. The highest BCUT2D eigenvalue weighted by atomic mass is 16.5. The summed E-state index contributed by atoms with van der Waals surface area (Å²) >= 11 is 0. The molecule has 248 valence electrons. The summed E-state index contributed by atoms with van der Waals surface area (Å²) in [6.07, 6.45) is 50.5. The average molecular weight is 589 g/mol. The van der Waals surface area contributed by atoms with Gasteiger partial charge >= 0.3 is 5.97 Å². The van der Waals surface area contributed by atoms with Gasteiger partial charge in [-0.2, -0.15) is 0 Å². The molecule has 0 bridgehead atoms. The molecular formula is C40H76O2. The minimum Gasteiger partial charge on any atom is -0.431 e.